The second-order valence-electron chi connectivity index (χ2n) is 7.49. The molecule has 7 heteroatoms. The number of nitrogens with zero attached hydrogens (tertiary/aromatic N) is 2. The van der Waals surface area contributed by atoms with Crippen molar-refractivity contribution in [1.29, 1.82) is 0 Å². The van der Waals surface area contributed by atoms with Crippen molar-refractivity contribution in [2.45, 2.75) is 33.6 Å². The first-order valence-corrected chi connectivity index (χ1v) is 9.88. The molecular weight excluding hydrogens is 388 g/mol. The number of aryl methyl sites for hydroxylation is 1. The predicted molar refractivity (Wildman–Crippen MR) is 111 cm³/mol. The number of carbonyl (C=O) groups is 1. The van der Waals surface area contributed by atoms with Crippen LogP contribution >= 0.6 is 0 Å². The van der Waals surface area contributed by atoms with Crippen LogP contribution in [-0.2, 0) is 11.2 Å². The quantitative estimate of drug-likeness (QED) is 0.568. The van der Waals surface area contributed by atoms with Crippen LogP contribution in [0.15, 0.2) is 48.5 Å². The van der Waals surface area contributed by atoms with Crippen LogP contribution in [0.5, 0.6) is 11.6 Å². The summed E-state index contributed by atoms with van der Waals surface area (Å²) in [7, 11) is 0. The molecule has 0 spiro atoms. The number of ether oxygens (including phenoxy) is 1. The van der Waals surface area contributed by atoms with Crippen LogP contribution in [-0.4, -0.2) is 22.2 Å². The smallest absolute Gasteiger partial charge is 0.226 e. The summed E-state index contributed by atoms with van der Waals surface area (Å²) in [5.74, 6) is -1.02. The normalized spacial score (nSPS) is 11.0. The Hall–Kier alpha value is -3.22. The van der Waals surface area contributed by atoms with Crippen LogP contribution in [0.3, 0.4) is 0 Å². The second-order valence-corrected chi connectivity index (χ2v) is 7.49. The molecule has 1 N–H and O–H groups in total. The van der Waals surface area contributed by atoms with Crippen molar-refractivity contribution >= 4 is 5.91 Å². The molecule has 1 aromatic heterocycles. The highest BCUT2D eigenvalue weighted by Gasteiger charge is 2.21. The Kier molecular flexibility index (Phi) is 6.82. The molecule has 0 aliphatic rings. The van der Waals surface area contributed by atoms with Gasteiger partial charge in [0.1, 0.15) is 5.82 Å². The van der Waals surface area contributed by atoms with E-state index < -0.39 is 11.6 Å². The Bertz CT molecular complexity index is 1020. The van der Waals surface area contributed by atoms with E-state index in [2.05, 4.69) is 10.4 Å². The summed E-state index contributed by atoms with van der Waals surface area (Å²) in [5, 5.41) is 7.43. The third kappa shape index (κ3) is 5.23. The van der Waals surface area contributed by atoms with Gasteiger partial charge < -0.3 is 10.1 Å². The summed E-state index contributed by atoms with van der Waals surface area (Å²) in [6, 6.07) is 12.4. The largest absolute Gasteiger partial charge is 0.436 e. The third-order valence-electron chi connectivity index (χ3n) is 4.55. The molecule has 0 aliphatic carbocycles. The molecule has 1 heterocycles. The minimum Gasteiger partial charge on any atom is -0.436 e. The van der Waals surface area contributed by atoms with Gasteiger partial charge in [-0.1, -0.05) is 32.0 Å². The van der Waals surface area contributed by atoms with Gasteiger partial charge in [-0.25, -0.2) is 13.5 Å². The molecule has 2 aromatic carbocycles. The minimum absolute atomic E-state index is 0.0746. The fourth-order valence-electron chi connectivity index (χ4n) is 2.98. The van der Waals surface area contributed by atoms with E-state index in [1.165, 1.54) is 6.07 Å². The number of aromatic nitrogens is 2. The number of nitrogens with one attached hydrogen (secondary N) is 1. The molecule has 0 fully saturated rings. The lowest BCUT2D eigenvalue weighted by Gasteiger charge is -2.12. The number of hydrogen-bond donors (Lipinski definition) is 1. The topological polar surface area (TPSA) is 56.2 Å². The molecule has 3 aromatic rings. The molecular formula is C23H25F2N3O2. The molecule has 0 saturated heterocycles. The SMILES string of the molecule is Cc1nn(-c2ccccc2)c(Oc2ccc(F)cc2F)c1CCC(=O)NCC(C)C. The van der Waals surface area contributed by atoms with E-state index >= 15 is 0 Å². The molecule has 0 bridgehead atoms. The highest BCUT2D eigenvalue weighted by Crippen LogP contribution is 2.32. The van der Waals surface area contributed by atoms with Gasteiger partial charge in [0, 0.05) is 24.6 Å². The molecule has 0 unspecified atom stereocenters. The van der Waals surface area contributed by atoms with Crippen molar-refractivity contribution in [2.75, 3.05) is 6.54 Å². The third-order valence-corrected chi connectivity index (χ3v) is 4.55. The van der Waals surface area contributed by atoms with E-state index in [-0.39, 0.29) is 18.1 Å². The number of para-hydroxylation sites is 1. The first-order chi connectivity index (χ1) is 14.3. The van der Waals surface area contributed by atoms with Gasteiger partial charge in [-0.2, -0.15) is 5.10 Å². The van der Waals surface area contributed by atoms with Crippen molar-refractivity contribution in [3.05, 3.63) is 71.4 Å². The van der Waals surface area contributed by atoms with Gasteiger partial charge in [0.15, 0.2) is 11.6 Å². The molecule has 0 radical (unpaired) electrons. The minimum atomic E-state index is -0.811. The van der Waals surface area contributed by atoms with Crippen LogP contribution in [0.4, 0.5) is 8.78 Å². The average Bonchev–Trinajstić information content (AvgIpc) is 3.02. The van der Waals surface area contributed by atoms with Gasteiger partial charge in [0.05, 0.1) is 11.4 Å². The van der Waals surface area contributed by atoms with Crippen LogP contribution in [0.25, 0.3) is 5.69 Å². The van der Waals surface area contributed by atoms with Crippen molar-refractivity contribution < 1.29 is 18.3 Å². The monoisotopic (exact) mass is 413 g/mol. The Labute approximate surface area is 174 Å². The molecule has 30 heavy (non-hydrogen) atoms. The molecule has 0 aliphatic heterocycles. The average molecular weight is 413 g/mol. The Balaban J connectivity index is 1.93. The van der Waals surface area contributed by atoms with Gasteiger partial charge in [0.2, 0.25) is 11.8 Å². The van der Waals surface area contributed by atoms with Crippen LogP contribution in [0.2, 0.25) is 0 Å². The Morgan fingerprint density at radius 2 is 1.90 bits per heavy atom. The lowest BCUT2D eigenvalue weighted by atomic mass is 10.1. The van der Waals surface area contributed by atoms with Crippen molar-refractivity contribution in [1.82, 2.24) is 15.1 Å². The van der Waals surface area contributed by atoms with E-state index in [0.717, 1.165) is 17.8 Å². The summed E-state index contributed by atoms with van der Waals surface area (Å²) in [6.07, 6.45) is 0.622. The summed E-state index contributed by atoms with van der Waals surface area (Å²) < 4.78 is 35.0. The Morgan fingerprint density at radius 3 is 2.57 bits per heavy atom. The number of amides is 1. The lowest BCUT2D eigenvalue weighted by Crippen LogP contribution is -2.27. The van der Waals surface area contributed by atoms with Crippen LogP contribution < -0.4 is 10.1 Å². The number of halogens is 2. The Morgan fingerprint density at radius 1 is 1.17 bits per heavy atom. The van der Waals surface area contributed by atoms with E-state index in [4.69, 9.17) is 4.74 Å². The second kappa shape index (κ2) is 9.52. The molecule has 158 valence electrons. The van der Waals surface area contributed by atoms with E-state index in [1.807, 2.05) is 51.1 Å². The van der Waals surface area contributed by atoms with Gasteiger partial charge in [-0.15, -0.1) is 0 Å². The lowest BCUT2D eigenvalue weighted by molar-refractivity contribution is -0.121. The summed E-state index contributed by atoms with van der Waals surface area (Å²) in [6.45, 7) is 6.47. The zero-order valence-corrected chi connectivity index (χ0v) is 17.3. The maximum Gasteiger partial charge on any atom is 0.226 e. The van der Waals surface area contributed by atoms with Gasteiger partial charge in [0.25, 0.3) is 0 Å². The summed E-state index contributed by atoms with van der Waals surface area (Å²) in [5.41, 5.74) is 2.10. The fourth-order valence-corrected chi connectivity index (χ4v) is 2.98. The van der Waals surface area contributed by atoms with Crippen molar-refractivity contribution in [2.24, 2.45) is 5.92 Å². The van der Waals surface area contributed by atoms with Gasteiger partial charge in [-0.3, -0.25) is 4.79 Å². The molecule has 1 amide bonds. The standard InChI is InChI=1S/C23H25F2N3O2/c1-15(2)14-26-22(29)12-10-19-16(3)27-28(18-7-5-4-6-8-18)23(19)30-21-11-9-17(24)13-20(21)25/h4-9,11,13,15H,10,12,14H2,1-3H3,(H,26,29). The molecule has 0 atom stereocenters. The summed E-state index contributed by atoms with van der Waals surface area (Å²) >= 11 is 0. The fraction of sp³-hybridized carbons (Fsp3) is 0.304. The summed E-state index contributed by atoms with van der Waals surface area (Å²) in [4.78, 5) is 12.2. The van der Waals surface area contributed by atoms with Gasteiger partial charge in [-0.05, 0) is 43.5 Å². The van der Waals surface area contributed by atoms with Crippen LogP contribution in [0, 0.1) is 24.5 Å². The number of hydrogen-bond acceptors (Lipinski definition) is 3. The zero-order chi connectivity index (χ0) is 21.7. The van der Waals surface area contributed by atoms with E-state index in [1.54, 1.807) is 4.68 Å². The number of rotatable bonds is 8. The van der Waals surface area contributed by atoms with Gasteiger partial charge >= 0.3 is 0 Å². The molecule has 0 saturated carbocycles. The first kappa shape index (κ1) is 21.5. The van der Waals surface area contributed by atoms with E-state index in [9.17, 15) is 13.6 Å². The van der Waals surface area contributed by atoms with E-state index in [0.29, 0.717) is 36.0 Å². The first-order valence-electron chi connectivity index (χ1n) is 9.88. The molecule has 5 nitrogen and oxygen atoms in total. The molecule has 3 rings (SSSR count). The number of benzene rings is 2. The maximum absolute atomic E-state index is 14.2. The number of carbonyl (C=O) groups excluding carboxylic acids is 1. The predicted octanol–water partition coefficient (Wildman–Crippen LogP) is 4.96. The van der Waals surface area contributed by atoms with Crippen molar-refractivity contribution in [3.63, 3.8) is 0 Å². The highest BCUT2D eigenvalue weighted by atomic mass is 19.1. The maximum atomic E-state index is 14.2. The van der Waals surface area contributed by atoms with Crippen molar-refractivity contribution in [3.8, 4) is 17.3 Å². The highest BCUT2D eigenvalue weighted by molar-refractivity contribution is 5.76. The van der Waals surface area contributed by atoms with Crippen LogP contribution in [0.1, 0.15) is 31.5 Å². The zero-order valence-electron chi connectivity index (χ0n) is 17.3.